The molecule has 0 aromatic heterocycles. The van der Waals surface area contributed by atoms with E-state index in [1.807, 2.05) is 4.90 Å². The minimum atomic E-state index is -0.0963. The average Bonchev–Trinajstić information content (AvgIpc) is 2.75. The topological polar surface area (TPSA) is 67.9 Å². The highest BCUT2D eigenvalue weighted by atomic mass is 16.5. The third-order valence-corrected chi connectivity index (χ3v) is 5.72. The molecule has 1 heterocycles. The first-order valence-corrected chi connectivity index (χ1v) is 10.6. The Labute approximate surface area is 173 Å². The Hall–Kier alpha value is -2.50. The van der Waals surface area contributed by atoms with Gasteiger partial charge in [-0.25, -0.2) is 0 Å². The van der Waals surface area contributed by atoms with E-state index in [2.05, 4.69) is 11.4 Å². The Balaban J connectivity index is 1.53. The van der Waals surface area contributed by atoms with Crippen molar-refractivity contribution in [1.82, 2.24) is 10.2 Å². The van der Waals surface area contributed by atoms with Crippen LogP contribution in [-0.2, 0) is 4.79 Å². The van der Waals surface area contributed by atoms with E-state index >= 15 is 0 Å². The molecular weight excluding hydrogens is 368 g/mol. The summed E-state index contributed by atoms with van der Waals surface area (Å²) >= 11 is 0. The van der Waals surface area contributed by atoms with Crippen LogP contribution >= 0.6 is 0 Å². The summed E-state index contributed by atoms with van der Waals surface area (Å²) in [6.45, 7) is 3.67. The normalized spacial score (nSPS) is 17.4. The fraction of sp³-hybridized carbons (Fsp3) is 0.565. The second-order valence-electron chi connectivity index (χ2n) is 7.80. The highest BCUT2D eigenvalue weighted by Gasteiger charge is 2.23. The number of carbonyl (C=O) groups excluding carboxylic acids is 2. The number of hydrogen-bond acceptors (Lipinski definition) is 4. The van der Waals surface area contributed by atoms with Gasteiger partial charge in [0.2, 0.25) is 5.91 Å². The molecule has 2 amide bonds. The maximum Gasteiger partial charge on any atom is 0.251 e. The van der Waals surface area contributed by atoms with Crippen LogP contribution in [0.4, 0.5) is 0 Å². The zero-order valence-electron chi connectivity index (χ0n) is 17.5. The van der Waals surface area contributed by atoms with Gasteiger partial charge < -0.3 is 19.7 Å². The number of methoxy groups -OCH3 is 1. The van der Waals surface area contributed by atoms with E-state index in [1.54, 1.807) is 32.2 Å². The summed E-state index contributed by atoms with van der Waals surface area (Å²) in [5, 5.41) is 3.00. The van der Waals surface area contributed by atoms with Crippen LogP contribution in [-0.4, -0.2) is 49.6 Å². The summed E-state index contributed by atoms with van der Waals surface area (Å²) in [6, 6.07) is 5.31. The summed E-state index contributed by atoms with van der Waals surface area (Å²) in [7, 11) is 1.58. The molecule has 0 saturated carbocycles. The van der Waals surface area contributed by atoms with Crippen LogP contribution in [0.2, 0.25) is 0 Å². The first kappa shape index (κ1) is 21.2. The molecule has 6 nitrogen and oxygen atoms in total. The molecule has 1 aliphatic carbocycles. The van der Waals surface area contributed by atoms with Gasteiger partial charge >= 0.3 is 0 Å². The number of carbonyl (C=O) groups is 2. The molecule has 0 bridgehead atoms. The maximum atomic E-state index is 12.5. The predicted molar refractivity (Wildman–Crippen MR) is 112 cm³/mol. The van der Waals surface area contributed by atoms with E-state index < -0.39 is 0 Å². The number of allylic oxidation sites excluding steroid dienone is 1. The van der Waals surface area contributed by atoms with Gasteiger partial charge in [-0.1, -0.05) is 11.6 Å². The van der Waals surface area contributed by atoms with Crippen molar-refractivity contribution in [1.29, 1.82) is 0 Å². The van der Waals surface area contributed by atoms with Crippen molar-refractivity contribution in [2.45, 2.75) is 58.0 Å². The lowest BCUT2D eigenvalue weighted by Crippen LogP contribution is -2.40. The van der Waals surface area contributed by atoms with Gasteiger partial charge in [-0.2, -0.15) is 0 Å². The van der Waals surface area contributed by atoms with Crippen LogP contribution in [0.15, 0.2) is 29.8 Å². The SMILES string of the molecule is COc1cc(C(=O)NCCC2=CCCCC2)ccc1OC1CCN(C(C)=O)CC1. The molecule has 1 N–H and O–H groups in total. The van der Waals surface area contributed by atoms with E-state index in [4.69, 9.17) is 9.47 Å². The lowest BCUT2D eigenvalue weighted by atomic mass is 9.97. The molecule has 1 saturated heterocycles. The zero-order chi connectivity index (χ0) is 20.6. The lowest BCUT2D eigenvalue weighted by molar-refractivity contribution is -0.130. The number of piperidine rings is 1. The number of hydrogen-bond donors (Lipinski definition) is 1. The maximum absolute atomic E-state index is 12.5. The Kier molecular flexibility index (Phi) is 7.55. The molecule has 1 aliphatic heterocycles. The molecule has 6 heteroatoms. The molecule has 1 fully saturated rings. The second-order valence-corrected chi connectivity index (χ2v) is 7.80. The molecule has 0 atom stereocenters. The standard InChI is InChI=1S/C23H32N2O4/c1-17(26)25-14-11-20(12-15-25)29-21-9-8-19(16-22(21)28-2)23(27)24-13-10-18-6-4-3-5-7-18/h6,8-9,16,20H,3-5,7,10-15H2,1-2H3,(H,24,27). The Morgan fingerprint density at radius 2 is 1.97 bits per heavy atom. The lowest BCUT2D eigenvalue weighted by Gasteiger charge is -2.31. The van der Waals surface area contributed by atoms with Crippen LogP contribution in [0.25, 0.3) is 0 Å². The Morgan fingerprint density at radius 1 is 1.17 bits per heavy atom. The van der Waals surface area contributed by atoms with Crippen LogP contribution in [0.3, 0.4) is 0 Å². The Morgan fingerprint density at radius 3 is 2.62 bits per heavy atom. The number of benzene rings is 1. The monoisotopic (exact) mass is 400 g/mol. The molecule has 29 heavy (non-hydrogen) atoms. The van der Waals surface area contributed by atoms with Gasteiger partial charge in [-0.05, 0) is 50.3 Å². The molecule has 3 rings (SSSR count). The largest absolute Gasteiger partial charge is 0.493 e. The van der Waals surface area contributed by atoms with Crippen molar-refractivity contribution in [3.63, 3.8) is 0 Å². The van der Waals surface area contributed by atoms with Gasteiger partial charge in [0.1, 0.15) is 6.10 Å². The van der Waals surface area contributed by atoms with Gasteiger partial charge in [0, 0.05) is 45.0 Å². The number of rotatable bonds is 7. The molecule has 158 valence electrons. The third kappa shape index (κ3) is 5.99. The number of nitrogens with zero attached hydrogens (tertiary/aromatic N) is 1. The fourth-order valence-corrected chi connectivity index (χ4v) is 3.94. The van der Waals surface area contributed by atoms with Crippen molar-refractivity contribution in [2.24, 2.45) is 0 Å². The minimum absolute atomic E-state index is 0.0444. The number of ether oxygens (including phenoxy) is 2. The van der Waals surface area contributed by atoms with Crippen molar-refractivity contribution >= 4 is 11.8 Å². The van der Waals surface area contributed by atoms with E-state index in [0.717, 1.165) is 32.1 Å². The Bertz CT molecular complexity index is 751. The van der Waals surface area contributed by atoms with Crippen molar-refractivity contribution < 1.29 is 19.1 Å². The van der Waals surface area contributed by atoms with E-state index in [1.165, 1.54) is 18.4 Å². The van der Waals surface area contributed by atoms with Gasteiger partial charge in [-0.3, -0.25) is 9.59 Å². The van der Waals surface area contributed by atoms with Crippen molar-refractivity contribution in [3.05, 3.63) is 35.4 Å². The fourth-order valence-electron chi connectivity index (χ4n) is 3.94. The summed E-state index contributed by atoms with van der Waals surface area (Å²) < 4.78 is 11.6. The third-order valence-electron chi connectivity index (χ3n) is 5.72. The summed E-state index contributed by atoms with van der Waals surface area (Å²) in [6.07, 6.45) is 9.71. The second kappa shape index (κ2) is 10.3. The first-order valence-electron chi connectivity index (χ1n) is 10.6. The molecule has 1 aromatic carbocycles. The van der Waals surface area contributed by atoms with E-state index in [-0.39, 0.29) is 17.9 Å². The highest BCUT2D eigenvalue weighted by Crippen LogP contribution is 2.31. The number of nitrogens with one attached hydrogen (secondary N) is 1. The molecule has 0 unspecified atom stereocenters. The number of amides is 2. The van der Waals surface area contributed by atoms with Crippen LogP contribution in [0, 0.1) is 0 Å². The smallest absolute Gasteiger partial charge is 0.251 e. The quantitative estimate of drug-likeness (QED) is 0.709. The van der Waals surface area contributed by atoms with Gasteiger partial charge in [-0.15, -0.1) is 0 Å². The molecular formula is C23H32N2O4. The average molecular weight is 401 g/mol. The predicted octanol–water partition coefficient (Wildman–Crippen LogP) is 3.71. The summed E-state index contributed by atoms with van der Waals surface area (Å²) in [5.41, 5.74) is 2.02. The number of likely N-dealkylation sites (tertiary alicyclic amines) is 1. The zero-order valence-corrected chi connectivity index (χ0v) is 17.5. The molecule has 2 aliphatic rings. The van der Waals surface area contributed by atoms with Crippen LogP contribution in [0.5, 0.6) is 11.5 Å². The molecule has 0 radical (unpaired) electrons. The van der Waals surface area contributed by atoms with E-state index in [0.29, 0.717) is 36.7 Å². The first-order chi connectivity index (χ1) is 14.1. The van der Waals surface area contributed by atoms with Crippen molar-refractivity contribution in [3.8, 4) is 11.5 Å². The van der Waals surface area contributed by atoms with Gasteiger partial charge in [0.25, 0.3) is 5.91 Å². The van der Waals surface area contributed by atoms with E-state index in [9.17, 15) is 9.59 Å². The van der Waals surface area contributed by atoms with Gasteiger partial charge in [0.15, 0.2) is 11.5 Å². The summed E-state index contributed by atoms with van der Waals surface area (Å²) in [4.78, 5) is 25.8. The molecule has 0 spiro atoms. The van der Waals surface area contributed by atoms with Crippen LogP contribution < -0.4 is 14.8 Å². The van der Waals surface area contributed by atoms with Crippen LogP contribution in [0.1, 0.15) is 62.2 Å². The molecule has 1 aromatic rings. The summed E-state index contributed by atoms with van der Waals surface area (Å²) in [5.74, 6) is 1.21. The minimum Gasteiger partial charge on any atom is -0.493 e. The highest BCUT2D eigenvalue weighted by molar-refractivity contribution is 5.94. The van der Waals surface area contributed by atoms with Gasteiger partial charge in [0.05, 0.1) is 7.11 Å². The van der Waals surface area contributed by atoms with Crippen molar-refractivity contribution in [2.75, 3.05) is 26.7 Å².